The first kappa shape index (κ1) is 25.7. The van der Waals surface area contributed by atoms with Crippen molar-refractivity contribution in [2.24, 2.45) is 0 Å². The first-order valence-corrected chi connectivity index (χ1v) is 13.0. The molecule has 182 valence electrons. The van der Waals surface area contributed by atoms with Crippen LogP contribution in [-0.4, -0.2) is 54.5 Å². The predicted octanol–water partition coefficient (Wildman–Crippen LogP) is 3.21. The summed E-state index contributed by atoms with van der Waals surface area (Å²) >= 11 is 5.95. The fourth-order valence-corrected chi connectivity index (χ4v) is 5.47. The average molecular weight is 506 g/mol. The quantitative estimate of drug-likeness (QED) is 0.534. The number of hydrogen-bond donors (Lipinski definition) is 1. The van der Waals surface area contributed by atoms with Crippen molar-refractivity contribution in [3.8, 4) is 0 Å². The second-order valence-corrected chi connectivity index (χ2v) is 10.4. The van der Waals surface area contributed by atoms with Crippen molar-refractivity contribution in [3.63, 3.8) is 0 Å². The molecule has 1 aliphatic rings. The summed E-state index contributed by atoms with van der Waals surface area (Å²) in [6, 6.07) is 12.3. The molecule has 8 nitrogen and oxygen atoms in total. The van der Waals surface area contributed by atoms with Gasteiger partial charge < -0.3 is 10.2 Å². The number of benzene rings is 2. The molecule has 0 fully saturated rings. The smallest absolute Gasteiger partial charge is 0.269 e. The Kier molecular flexibility index (Phi) is 8.33. The first-order chi connectivity index (χ1) is 16.2. The lowest BCUT2D eigenvalue weighted by Gasteiger charge is -2.29. The van der Waals surface area contributed by atoms with Crippen LogP contribution in [0.5, 0.6) is 0 Å². The Morgan fingerprint density at radius 2 is 1.79 bits per heavy atom. The molecule has 1 unspecified atom stereocenters. The molecule has 10 heteroatoms. The third-order valence-corrected chi connectivity index (χ3v) is 7.74. The summed E-state index contributed by atoms with van der Waals surface area (Å²) in [6.07, 6.45) is 0.886. The molecular weight excluding hydrogens is 478 g/mol. The zero-order chi connectivity index (χ0) is 24.9. The van der Waals surface area contributed by atoms with Gasteiger partial charge in [-0.15, -0.1) is 0 Å². The highest BCUT2D eigenvalue weighted by Crippen LogP contribution is 2.30. The van der Waals surface area contributed by atoms with E-state index in [1.165, 1.54) is 17.0 Å². The minimum atomic E-state index is -3.92. The maximum absolute atomic E-state index is 13.1. The Balaban J connectivity index is 1.69. The van der Waals surface area contributed by atoms with Gasteiger partial charge in [-0.2, -0.15) is 0 Å². The summed E-state index contributed by atoms with van der Waals surface area (Å²) in [4.78, 5) is 39.7. The summed E-state index contributed by atoms with van der Waals surface area (Å²) in [5, 5.41) is 3.37. The second kappa shape index (κ2) is 11.0. The molecule has 2 aromatic carbocycles. The Labute approximate surface area is 204 Å². The third-order valence-electron chi connectivity index (χ3n) is 5.65. The highest BCUT2D eigenvalue weighted by Gasteiger charge is 2.40. The van der Waals surface area contributed by atoms with Crippen LogP contribution < -0.4 is 5.32 Å². The van der Waals surface area contributed by atoms with Crippen molar-refractivity contribution in [1.29, 1.82) is 0 Å². The average Bonchev–Trinajstić information content (AvgIpc) is 3.02. The minimum Gasteiger partial charge on any atom is -0.354 e. The number of carbonyl (C=O) groups is 3. The number of nitrogens with zero attached hydrogens (tertiary/aromatic N) is 2. The number of rotatable bonds is 10. The van der Waals surface area contributed by atoms with Crippen LogP contribution in [0.3, 0.4) is 0 Å². The maximum atomic E-state index is 13.1. The molecule has 1 heterocycles. The minimum absolute atomic E-state index is 0.0168. The highest BCUT2D eigenvalue weighted by atomic mass is 35.5. The summed E-state index contributed by atoms with van der Waals surface area (Å²) in [7, 11) is -3.92. The number of amides is 3. The SMILES string of the molecule is CCCNC(=O)C(C)N(Cc1ccc(Cl)cc1)C(=O)CCCN1C(=O)c2ccccc2S1(=O)=O. The number of sulfonamides is 1. The van der Waals surface area contributed by atoms with E-state index in [2.05, 4.69) is 5.32 Å². The lowest BCUT2D eigenvalue weighted by molar-refractivity contribution is -0.140. The zero-order valence-corrected chi connectivity index (χ0v) is 20.7. The Hall–Kier alpha value is -2.91. The van der Waals surface area contributed by atoms with Crippen LogP contribution in [0.2, 0.25) is 5.02 Å². The van der Waals surface area contributed by atoms with Gasteiger partial charge in [0.25, 0.3) is 15.9 Å². The number of hydrogen-bond acceptors (Lipinski definition) is 5. The monoisotopic (exact) mass is 505 g/mol. The first-order valence-electron chi connectivity index (χ1n) is 11.1. The third kappa shape index (κ3) is 5.59. The van der Waals surface area contributed by atoms with Crippen LogP contribution in [0.15, 0.2) is 53.4 Å². The van der Waals surface area contributed by atoms with Crippen molar-refractivity contribution in [2.45, 2.75) is 50.6 Å². The molecule has 0 saturated carbocycles. The van der Waals surface area contributed by atoms with E-state index in [1.54, 1.807) is 43.3 Å². The van der Waals surface area contributed by atoms with E-state index < -0.39 is 22.0 Å². The van der Waals surface area contributed by atoms with E-state index in [1.807, 2.05) is 6.92 Å². The molecule has 0 radical (unpaired) electrons. The zero-order valence-electron chi connectivity index (χ0n) is 19.2. The maximum Gasteiger partial charge on any atom is 0.269 e. The van der Waals surface area contributed by atoms with E-state index in [0.717, 1.165) is 16.3 Å². The predicted molar refractivity (Wildman–Crippen MR) is 129 cm³/mol. The molecular formula is C24H28ClN3O5S. The fourth-order valence-electron chi connectivity index (χ4n) is 3.73. The van der Waals surface area contributed by atoms with Crippen LogP contribution >= 0.6 is 11.6 Å². The van der Waals surface area contributed by atoms with Gasteiger partial charge in [-0.25, -0.2) is 12.7 Å². The summed E-state index contributed by atoms with van der Waals surface area (Å²) < 4.78 is 26.2. The Morgan fingerprint density at radius 1 is 1.12 bits per heavy atom. The van der Waals surface area contributed by atoms with Gasteiger partial charge in [0, 0.05) is 31.1 Å². The lowest BCUT2D eigenvalue weighted by Crippen LogP contribution is -2.47. The summed E-state index contributed by atoms with van der Waals surface area (Å²) in [6.45, 7) is 4.18. The number of nitrogens with one attached hydrogen (secondary N) is 1. The van der Waals surface area contributed by atoms with Gasteiger partial charge in [0.2, 0.25) is 11.8 Å². The summed E-state index contributed by atoms with van der Waals surface area (Å²) in [5.74, 6) is -1.17. The normalized spacial score (nSPS) is 15.0. The van der Waals surface area contributed by atoms with Crippen molar-refractivity contribution >= 4 is 39.3 Å². The molecule has 3 amide bonds. The Bertz CT molecular complexity index is 1170. The van der Waals surface area contributed by atoms with Gasteiger partial charge in [-0.3, -0.25) is 14.4 Å². The van der Waals surface area contributed by atoms with E-state index in [9.17, 15) is 22.8 Å². The molecule has 0 aliphatic carbocycles. The van der Waals surface area contributed by atoms with Gasteiger partial charge in [0.1, 0.15) is 10.9 Å². The highest BCUT2D eigenvalue weighted by molar-refractivity contribution is 7.90. The van der Waals surface area contributed by atoms with Crippen LogP contribution in [0, 0.1) is 0 Å². The van der Waals surface area contributed by atoms with E-state index >= 15 is 0 Å². The van der Waals surface area contributed by atoms with Gasteiger partial charge in [0.15, 0.2) is 0 Å². The van der Waals surface area contributed by atoms with Crippen LogP contribution in [-0.2, 0) is 26.2 Å². The molecule has 1 atom stereocenters. The van der Waals surface area contributed by atoms with Crippen molar-refractivity contribution < 1.29 is 22.8 Å². The number of carbonyl (C=O) groups excluding carboxylic acids is 3. The molecule has 1 N–H and O–H groups in total. The molecule has 0 spiro atoms. The topological polar surface area (TPSA) is 104 Å². The molecule has 3 rings (SSSR count). The summed E-state index contributed by atoms with van der Waals surface area (Å²) in [5.41, 5.74) is 0.944. The number of fused-ring (bicyclic) bond motifs is 1. The molecule has 0 bridgehead atoms. The van der Waals surface area contributed by atoms with Crippen LogP contribution in [0.1, 0.15) is 49.0 Å². The largest absolute Gasteiger partial charge is 0.354 e. The van der Waals surface area contributed by atoms with E-state index in [-0.39, 0.29) is 48.2 Å². The lowest BCUT2D eigenvalue weighted by atomic mass is 10.1. The second-order valence-electron chi connectivity index (χ2n) is 8.10. The standard InChI is InChI=1S/C24H28ClN3O5S/c1-3-14-26-23(30)17(2)27(16-18-10-12-19(25)13-11-18)22(29)9-6-15-28-24(31)20-7-4-5-8-21(20)34(28,32)33/h4-5,7-8,10-13,17H,3,6,9,14-16H2,1-2H3,(H,26,30). The van der Waals surface area contributed by atoms with Crippen molar-refractivity contribution in [2.75, 3.05) is 13.1 Å². The molecule has 1 aliphatic heterocycles. The van der Waals surface area contributed by atoms with Gasteiger partial charge in [0.05, 0.1) is 5.56 Å². The van der Waals surface area contributed by atoms with Crippen molar-refractivity contribution in [3.05, 3.63) is 64.7 Å². The number of halogens is 1. The van der Waals surface area contributed by atoms with Crippen LogP contribution in [0.25, 0.3) is 0 Å². The van der Waals surface area contributed by atoms with Gasteiger partial charge in [-0.1, -0.05) is 42.8 Å². The van der Waals surface area contributed by atoms with Crippen molar-refractivity contribution in [1.82, 2.24) is 14.5 Å². The molecule has 0 aromatic heterocycles. The molecule has 0 saturated heterocycles. The Morgan fingerprint density at radius 3 is 2.44 bits per heavy atom. The fraction of sp³-hybridized carbons (Fsp3) is 0.375. The van der Waals surface area contributed by atoms with Gasteiger partial charge in [-0.05, 0) is 49.6 Å². The van der Waals surface area contributed by atoms with Crippen LogP contribution in [0.4, 0.5) is 0 Å². The molecule has 34 heavy (non-hydrogen) atoms. The molecule has 2 aromatic rings. The van der Waals surface area contributed by atoms with Gasteiger partial charge >= 0.3 is 0 Å². The van der Waals surface area contributed by atoms with E-state index in [0.29, 0.717) is 11.6 Å². The van der Waals surface area contributed by atoms with E-state index in [4.69, 9.17) is 11.6 Å².